The average Bonchev–Trinajstić information content (AvgIpc) is 3.17. The van der Waals surface area contributed by atoms with Crippen LogP contribution in [0, 0.1) is 13.8 Å². The standard InChI is InChI=1S/C27H33N7O2/c1-16-10-23(31-33-13-17(2)29-25(16)33)24-28-12-20-11-21(8-9-22(20)30-24)32-14-18(3)34(19(4)15-32)26(35)36-27(5,6)7/h8-13,18-19H,14-15H2,1-7H3/t18-,19-/m0/s1. The molecule has 1 aromatic carbocycles. The minimum absolute atomic E-state index is 0.0222. The van der Waals surface area contributed by atoms with Gasteiger partial charge in [-0.15, -0.1) is 0 Å². The first-order chi connectivity index (χ1) is 17.0. The molecule has 36 heavy (non-hydrogen) atoms. The predicted molar refractivity (Wildman–Crippen MR) is 140 cm³/mol. The number of imidazole rings is 1. The molecular formula is C27H33N7O2. The third kappa shape index (κ3) is 4.57. The summed E-state index contributed by atoms with van der Waals surface area (Å²) in [7, 11) is 0. The number of nitrogens with zero attached hydrogens (tertiary/aromatic N) is 7. The second kappa shape index (κ2) is 8.72. The summed E-state index contributed by atoms with van der Waals surface area (Å²) in [6, 6.07) is 8.25. The molecule has 1 amide bonds. The lowest BCUT2D eigenvalue weighted by Gasteiger charge is -2.45. The summed E-state index contributed by atoms with van der Waals surface area (Å²) in [4.78, 5) is 30.8. The van der Waals surface area contributed by atoms with Gasteiger partial charge in [0.15, 0.2) is 11.5 Å². The average molecular weight is 488 g/mol. The number of carbonyl (C=O) groups is 1. The van der Waals surface area contributed by atoms with Gasteiger partial charge in [-0.05, 0) is 78.3 Å². The zero-order chi connectivity index (χ0) is 25.8. The van der Waals surface area contributed by atoms with Crippen molar-refractivity contribution in [2.45, 2.75) is 66.2 Å². The number of benzene rings is 1. The maximum atomic E-state index is 12.8. The van der Waals surface area contributed by atoms with Crippen molar-refractivity contribution in [3.8, 4) is 11.5 Å². The molecule has 1 aliphatic rings. The predicted octanol–water partition coefficient (Wildman–Crippen LogP) is 4.79. The zero-order valence-electron chi connectivity index (χ0n) is 22.0. The van der Waals surface area contributed by atoms with Gasteiger partial charge in [-0.1, -0.05) is 0 Å². The third-order valence-corrected chi connectivity index (χ3v) is 6.41. The first-order valence-corrected chi connectivity index (χ1v) is 12.4. The molecule has 0 spiro atoms. The van der Waals surface area contributed by atoms with Gasteiger partial charge in [0.25, 0.3) is 0 Å². The molecule has 0 radical (unpaired) electrons. The van der Waals surface area contributed by atoms with Crippen molar-refractivity contribution in [3.05, 3.63) is 47.9 Å². The van der Waals surface area contributed by atoms with Crippen molar-refractivity contribution in [2.24, 2.45) is 0 Å². The molecular weight excluding hydrogens is 454 g/mol. The highest BCUT2D eigenvalue weighted by atomic mass is 16.6. The summed E-state index contributed by atoms with van der Waals surface area (Å²) in [5.41, 5.74) is 4.94. The largest absolute Gasteiger partial charge is 0.444 e. The topological polar surface area (TPSA) is 88.8 Å². The highest BCUT2D eigenvalue weighted by Crippen LogP contribution is 2.28. The van der Waals surface area contributed by atoms with E-state index in [1.54, 1.807) is 4.52 Å². The lowest BCUT2D eigenvalue weighted by atomic mass is 10.1. The molecule has 1 fully saturated rings. The fraction of sp³-hybridized carbons (Fsp3) is 0.444. The number of ether oxygens (including phenoxy) is 1. The van der Waals surface area contributed by atoms with Crippen LogP contribution in [0.15, 0.2) is 36.7 Å². The number of amides is 1. The van der Waals surface area contributed by atoms with E-state index in [1.165, 1.54) is 0 Å². The fourth-order valence-electron chi connectivity index (χ4n) is 4.90. The van der Waals surface area contributed by atoms with Crippen molar-refractivity contribution in [1.29, 1.82) is 0 Å². The molecule has 4 aromatic rings. The van der Waals surface area contributed by atoms with E-state index in [2.05, 4.69) is 45.9 Å². The number of rotatable bonds is 2. The Morgan fingerprint density at radius 2 is 1.78 bits per heavy atom. The summed E-state index contributed by atoms with van der Waals surface area (Å²) in [5.74, 6) is 0.583. The van der Waals surface area contributed by atoms with Gasteiger partial charge in [0.1, 0.15) is 11.3 Å². The van der Waals surface area contributed by atoms with E-state index in [9.17, 15) is 4.79 Å². The van der Waals surface area contributed by atoms with E-state index >= 15 is 0 Å². The molecule has 3 aromatic heterocycles. The van der Waals surface area contributed by atoms with Crippen LogP contribution in [0.25, 0.3) is 28.1 Å². The zero-order valence-corrected chi connectivity index (χ0v) is 22.0. The molecule has 9 heteroatoms. The molecule has 0 N–H and O–H groups in total. The maximum Gasteiger partial charge on any atom is 0.410 e. The van der Waals surface area contributed by atoms with Gasteiger partial charge >= 0.3 is 6.09 Å². The van der Waals surface area contributed by atoms with Crippen LogP contribution in [-0.2, 0) is 4.74 Å². The van der Waals surface area contributed by atoms with Gasteiger partial charge in [0, 0.05) is 30.4 Å². The summed E-state index contributed by atoms with van der Waals surface area (Å²) >= 11 is 0. The Labute approximate surface area is 211 Å². The van der Waals surface area contributed by atoms with Gasteiger partial charge in [-0.3, -0.25) is 4.90 Å². The summed E-state index contributed by atoms with van der Waals surface area (Å²) < 4.78 is 7.43. The quantitative estimate of drug-likeness (QED) is 0.402. The molecule has 0 aliphatic carbocycles. The van der Waals surface area contributed by atoms with Gasteiger partial charge < -0.3 is 9.64 Å². The minimum Gasteiger partial charge on any atom is -0.444 e. The van der Waals surface area contributed by atoms with Crippen LogP contribution < -0.4 is 4.90 Å². The Kier molecular flexibility index (Phi) is 5.81. The Bertz CT molecular complexity index is 1440. The summed E-state index contributed by atoms with van der Waals surface area (Å²) in [6.07, 6.45) is 3.50. The van der Waals surface area contributed by atoms with Crippen molar-refractivity contribution >= 4 is 28.3 Å². The Hall–Kier alpha value is -3.75. The van der Waals surface area contributed by atoms with E-state index in [1.807, 2.05) is 64.0 Å². The summed E-state index contributed by atoms with van der Waals surface area (Å²) in [5, 5.41) is 5.62. The van der Waals surface area contributed by atoms with Crippen LogP contribution in [0.5, 0.6) is 0 Å². The van der Waals surface area contributed by atoms with Crippen LogP contribution in [0.4, 0.5) is 10.5 Å². The van der Waals surface area contributed by atoms with Gasteiger partial charge in [-0.2, -0.15) is 5.10 Å². The lowest BCUT2D eigenvalue weighted by molar-refractivity contribution is 0.00566. The minimum atomic E-state index is -0.511. The van der Waals surface area contributed by atoms with E-state index in [4.69, 9.17) is 9.72 Å². The molecule has 9 nitrogen and oxygen atoms in total. The van der Waals surface area contributed by atoms with E-state index in [0.717, 1.165) is 46.6 Å². The van der Waals surface area contributed by atoms with Gasteiger partial charge in [-0.25, -0.2) is 24.3 Å². The number of hydrogen-bond acceptors (Lipinski definition) is 7. The molecule has 0 bridgehead atoms. The molecule has 0 saturated carbocycles. The van der Waals surface area contributed by atoms with Crippen molar-refractivity contribution in [1.82, 2.24) is 29.5 Å². The van der Waals surface area contributed by atoms with Crippen LogP contribution in [-0.4, -0.2) is 66.3 Å². The molecule has 4 heterocycles. The number of piperazine rings is 1. The summed E-state index contributed by atoms with van der Waals surface area (Å²) in [6.45, 7) is 15.2. The molecule has 0 unspecified atom stereocenters. The lowest BCUT2D eigenvalue weighted by Crippen LogP contribution is -2.59. The highest BCUT2D eigenvalue weighted by Gasteiger charge is 2.35. The maximum absolute atomic E-state index is 12.8. The second-order valence-electron chi connectivity index (χ2n) is 10.8. The Morgan fingerprint density at radius 3 is 2.47 bits per heavy atom. The molecule has 188 valence electrons. The fourth-order valence-corrected chi connectivity index (χ4v) is 4.90. The molecule has 1 aliphatic heterocycles. The van der Waals surface area contributed by atoms with Gasteiger partial charge in [0.05, 0.1) is 29.5 Å². The third-order valence-electron chi connectivity index (χ3n) is 6.41. The first kappa shape index (κ1) is 24.0. The first-order valence-electron chi connectivity index (χ1n) is 12.4. The number of carbonyl (C=O) groups excluding carboxylic acids is 1. The number of fused-ring (bicyclic) bond motifs is 2. The highest BCUT2D eigenvalue weighted by molar-refractivity contribution is 5.83. The SMILES string of the molecule is Cc1cn2nc(-c3ncc4cc(N5C[C@H](C)N(C(=O)OC(C)(C)C)[C@@H](C)C5)ccc4n3)cc(C)c2n1. The van der Waals surface area contributed by atoms with E-state index in [0.29, 0.717) is 11.5 Å². The normalized spacial score (nSPS) is 18.8. The van der Waals surface area contributed by atoms with Crippen LogP contribution >= 0.6 is 0 Å². The smallest absolute Gasteiger partial charge is 0.410 e. The van der Waals surface area contributed by atoms with Gasteiger partial charge in [0.2, 0.25) is 0 Å². The van der Waals surface area contributed by atoms with Crippen LogP contribution in [0.3, 0.4) is 0 Å². The monoisotopic (exact) mass is 487 g/mol. The van der Waals surface area contributed by atoms with Crippen molar-refractivity contribution < 1.29 is 9.53 Å². The number of aryl methyl sites for hydroxylation is 2. The molecule has 2 atom stereocenters. The van der Waals surface area contributed by atoms with E-state index in [-0.39, 0.29) is 18.2 Å². The van der Waals surface area contributed by atoms with Crippen LogP contribution in [0.1, 0.15) is 45.9 Å². The van der Waals surface area contributed by atoms with E-state index < -0.39 is 5.60 Å². The van der Waals surface area contributed by atoms with Crippen molar-refractivity contribution in [3.63, 3.8) is 0 Å². The Morgan fingerprint density at radius 1 is 1.06 bits per heavy atom. The number of hydrogen-bond donors (Lipinski definition) is 0. The van der Waals surface area contributed by atoms with Crippen LogP contribution in [0.2, 0.25) is 0 Å². The number of anilines is 1. The molecule has 1 saturated heterocycles. The number of aromatic nitrogens is 5. The molecule has 5 rings (SSSR count). The second-order valence-corrected chi connectivity index (χ2v) is 10.8. The van der Waals surface area contributed by atoms with Crippen molar-refractivity contribution in [2.75, 3.05) is 18.0 Å². The Balaban J connectivity index is 1.38.